The molecule has 0 bridgehead atoms. The largest absolute Gasteiger partial charge is 0.393 e. The number of alkyl halides is 3. The van der Waals surface area contributed by atoms with Crippen molar-refractivity contribution in [3.8, 4) is 0 Å². The Morgan fingerprint density at radius 2 is 2.24 bits per heavy atom. The van der Waals surface area contributed by atoms with Crippen molar-refractivity contribution in [2.75, 3.05) is 13.1 Å². The quantitative estimate of drug-likeness (QED) is 0.504. The summed E-state index contributed by atoms with van der Waals surface area (Å²) in [7, 11) is 0. The lowest BCUT2D eigenvalue weighted by molar-refractivity contribution is -0.187. The van der Waals surface area contributed by atoms with Gasteiger partial charge in [-0.15, -0.1) is 0 Å². The van der Waals surface area contributed by atoms with Crippen LogP contribution in [0.15, 0.2) is 18.3 Å². The third-order valence-electron chi connectivity index (χ3n) is 3.57. The zero-order valence-electron chi connectivity index (χ0n) is 11.4. The SMILES string of the molecule is NNC(=O)c1ccc(CN2CCCC(C(F)(F)F)C2)nc1. The Balaban J connectivity index is 1.96. The molecule has 3 N–H and O–H groups in total. The van der Waals surface area contributed by atoms with Gasteiger partial charge in [0.25, 0.3) is 5.91 Å². The lowest BCUT2D eigenvalue weighted by Crippen LogP contribution is -2.41. The number of carbonyl (C=O) groups excluding carboxylic acids is 1. The number of carbonyl (C=O) groups is 1. The summed E-state index contributed by atoms with van der Waals surface area (Å²) in [5, 5.41) is 0. The van der Waals surface area contributed by atoms with Crippen molar-refractivity contribution in [3.05, 3.63) is 29.6 Å². The van der Waals surface area contributed by atoms with E-state index < -0.39 is 18.0 Å². The second kappa shape index (κ2) is 6.40. The second-order valence-corrected chi connectivity index (χ2v) is 5.13. The van der Waals surface area contributed by atoms with Crippen molar-refractivity contribution in [3.63, 3.8) is 0 Å². The predicted molar refractivity (Wildman–Crippen MR) is 69.9 cm³/mol. The van der Waals surface area contributed by atoms with Gasteiger partial charge in [-0.25, -0.2) is 5.84 Å². The standard InChI is InChI=1S/C13H17F3N4O/c14-13(15,16)10-2-1-5-20(7-10)8-11-4-3-9(6-18-11)12(21)19-17/h3-4,6,10H,1-2,5,7-8,17H2,(H,19,21). The number of nitrogens with one attached hydrogen (secondary N) is 1. The molecule has 1 amide bonds. The van der Waals surface area contributed by atoms with Gasteiger partial charge in [0.15, 0.2) is 0 Å². The first-order chi connectivity index (χ1) is 9.90. The summed E-state index contributed by atoms with van der Waals surface area (Å²) in [4.78, 5) is 17.1. The molecule has 1 aromatic heterocycles. The van der Waals surface area contributed by atoms with E-state index in [0.29, 0.717) is 30.8 Å². The highest BCUT2D eigenvalue weighted by atomic mass is 19.4. The van der Waals surface area contributed by atoms with Gasteiger partial charge < -0.3 is 0 Å². The molecule has 1 aromatic rings. The number of pyridine rings is 1. The zero-order chi connectivity index (χ0) is 15.5. The van der Waals surface area contributed by atoms with Crippen LogP contribution < -0.4 is 11.3 Å². The third kappa shape index (κ3) is 4.15. The van der Waals surface area contributed by atoms with Crippen LogP contribution in [0.3, 0.4) is 0 Å². The van der Waals surface area contributed by atoms with Crippen LogP contribution >= 0.6 is 0 Å². The molecule has 21 heavy (non-hydrogen) atoms. The summed E-state index contributed by atoms with van der Waals surface area (Å²) < 4.78 is 38.2. The first kappa shape index (κ1) is 15.7. The molecule has 1 aliphatic rings. The predicted octanol–water partition coefficient (Wildman–Crippen LogP) is 1.46. The van der Waals surface area contributed by atoms with E-state index in [-0.39, 0.29) is 13.0 Å². The second-order valence-electron chi connectivity index (χ2n) is 5.13. The summed E-state index contributed by atoms with van der Waals surface area (Å²) in [6.07, 6.45) is -2.07. The number of nitrogen functional groups attached to an aromatic ring is 1. The minimum atomic E-state index is -4.14. The number of nitrogens with two attached hydrogens (primary N) is 1. The van der Waals surface area contributed by atoms with Crippen LogP contribution in [0.1, 0.15) is 28.9 Å². The summed E-state index contributed by atoms with van der Waals surface area (Å²) in [5.41, 5.74) is 2.93. The number of hydrazine groups is 1. The number of amides is 1. The molecule has 2 rings (SSSR count). The number of hydrogen-bond acceptors (Lipinski definition) is 4. The molecule has 1 fully saturated rings. The number of aromatic nitrogens is 1. The number of rotatable bonds is 3. The van der Waals surface area contributed by atoms with E-state index in [2.05, 4.69) is 4.98 Å². The fourth-order valence-corrected chi connectivity index (χ4v) is 2.43. The number of likely N-dealkylation sites (tertiary alicyclic amines) is 1. The first-order valence-corrected chi connectivity index (χ1v) is 6.65. The van der Waals surface area contributed by atoms with E-state index in [4.69, 9.17) is 5.84 Å². The Hall–Kier alpha value is -1.67. The Kier molecular flexibility index (Phi) is 4.79. The molecule has 0 saturated carbocycles. The molecule has 1 atom stereocenters. The summed E-state index contributed by atoms with van der Waals surface area (Å²) in [5.74, 6) is 3.28. The van der Waals surface area contributed by atoms with Crippen LogP contribution in [-0.4, -0.2) is 35.1 Å². The Labute approximate surface area is 120 Å². The van der Waals surface area contributed by atoms with Gasteiger partial charge in [-0.3, -0.25) is 20.1 Å². The molecule has 0 spiro atoms. The highest BCUT2D eigenvalue weighted by Gasteiger charge is 2.41. The fraction of sp³-hybridized carbons (Fsp3) is 0.538. The molecule has 1 aliphatic heterocycles. The maximum Gasteiger partial charge on any atom is 0.393 e. The van der Waals surface area contributed by atoms with Gasteiger partial charge in [0.1, 0.15) is 0 Å². The van der Waals surface area contributed by atoms with E-state index in [1.165, 1.54) is 6.20 Å². The van der Waals surface area contributed by atoms with Gasteiger partial charge in [-0.1, -0.05) is 0 Å². The van der Waals surface area contributed by atoms with E-state index in [0.717, 1.165) is 0 Å². The molecule has 116 valence electrons. The molecule has 1 saturated heterocycles. The number of hydrogen-bond donors (Lipinski definition) is 2. The topological polar surface area (TPSA) is 71.2 Å². The summed E-state index contributed by atoms with van der Waals surface area (Å²) >= 11 is 0. The van der Waals surface area contributed by atoms with E-state index in [9.17, 15) is 18.0 Å². The summed E-state index contributed by atoms with van der Waals surface area (Å²) in [6, 6.07) is 3.18. The zero-order valence-corrected chi connectivity index (χ0v) is 11.4. The highest BCUT2D eigenvalue weighted by Crippen LogP contribution is 2.33. The van der Waals surface area contributed by atoms with Gasteiger partial charge in [0.2, 0.25) is 0 Å². The normalized spacial score (nSPS) is 20.3. The lowest BCUT2D eigenvalue weighted by atomic mass is 9.97. The van der Waals surface area contributed by atoms with Crippen molar-refractivity contribution in [2.24, 2.45) is 11.8 Å². The number of piperidine rings is 1. The average molecular weight is 302 g/mol. The Morgan fingerprint density at radius 1 is 1.48 bits per heavy atom. The summed E-state index contributed by atoms with van der Waals surface area (Å²) in [6.45, 7) is 0.965. The lowest BCUT2D eigenvalue weighted by Gasteiger charge is -2.33. The van der Waals surface area contributed by atoms with Crippen LogP contribution in [0.5, 0.6) is 0 Å². The van der Waals surface area contributed by atoms with Gasteiger partial charge in [-0.2, -0.15) is 13.2 Å². The minimum absolute atomic E-state index is 0.00375. The minimum Gasteiger partial charge on any atom is -0.297 e. The Bertz CT molecular complexity index is 489. The third-order valence-corrected chi connectivity index (χ3v) is 3.57. The smallest absolute Gasteiger partial charge is 0.297 e. The van der Waals surface area contributed by atoms with Crippen LogP contribution in [0.25, 0.3) is 0 Å². The van der Waals surface area contributed by atoms with Crippen molar-refractivity contribution >= 4 is 5.91 Å². The van der Waals surface area contributed by atoms with Crippen molar-refractivity contribution in [2.45, 2.75) is 25.6 Å². The van der Waals surface area contributed by atoms with Crippen LogP contribution in [0, 0.1) is 5.92 Å². The van der Waals surface area contributed by atoms with Gasteiger partial charge in [0, 0.05) is 19.3 Å². The molecular formula is C13H17F3N4O. The van der Waals surface area contributed by atoms with E-state index >= 15 is 0 Å². The molecule has 0 aliphatic carbocycles. The highest BCUT2D eigenvalue weighted by molar-refractivity contribution is 5.93. The fourth-order valence-electron chi connectivity index (χ4n) is 2.43. The Morgan fingerprint density at radius 3 is 2.81 bits per heavy atom. The van der Waals surface area contributed by atoms with Crippen LogP contribution in [0.4, 0.5) is 13.2 Å². The van der Waals surface area contributed by atoms with Crippen molar-refractivity contribution in [1.82, 2.24) is 15.3 Å². The first-order valence-electron chi connectivity index (χ1n) is 6.65. The van der Waals surface area contributed by atoms with Gasteiger partial charge >= 0.3 is 6.18 Å². The van der Waals surface area contributed by atoms with Crippen molar-refractivity contribution < 1.29 is 18.0 Å². The molecule has 0 aromatic carbocycles. The molecule has 8 heteroatoms. The maximum atomic E-state index is 12.7. The molecule has 2 heterocycles. The molecular weight excluding hydrogens is 285 g/mol. The molecule has 0 radical (unpaired) electrons. The molecule has 1 unspecified atom stereocenters. The number of halogens is 3. The van der Waals surface area contributed by atoms with Crippen LogP contribution in [0.2, 0.25) is 0 Å². The number of nitrogens with zero attached hydrogens (tertiary/aromatic N) is 2. The maximum absolute atomic E-state index is 12.7. The molecule has 5 nitrogen and oxygen atoms in total. The monoisotopic (exact) mass is 302 g/mol. The average Bonchev–Trinajstić information content (AvgIpc) is 2.47. The van der Waals surface area contributed by atoms with Crippen LogP contribution in [-0.2, 0) is 6.54 Å². The van der Waals surface area contributed by atoms with Crippen molar-refractivity contribution in [1.29, 1.82) is 0 Å². The van der Waals surface area contributed by atoms with E-state index in [1.54, 1.807) is 17.0 Å². The van der Waals surface area contributed by atoms with Gasteiger partial charge in [0.05, 0.1) is 17.2 Å². The van der Waals surface area contributed by atoms with Gasteiger partial charge in [-0.05, 0) is 31.5 Å². The van der Waals surface area contributed by atoms with E-state index in [1.807, 2.05) is 5.43 Å².